The number of carbonyl (C=O) groups is 1. The van der Waals surface area contributed by atoms with Gasteiger partial charge in [-0.1, -0.05) is 11.6 Å². The molecule has 1 heterocycles. The molecular formula is C10H10ClNO2. The first-order chi connectivity index (χ1) is 6.75. The summed E-state index contributed by atoms with van der Waals surface area (Å²) < 4.78 is 5.17. The normalized spacial score (nSPS) is 16.1. The van der Waals surface area contributed by atoms with E-state index in [9.17, 15) is 4.79 Å². The molecule has 2 rings (SSSR count). The van der Waals surface area contributed by atoms with Crippen LogP contribution in [0.2, 0.25) is 5.02 Å². The molecule has 0 bridgehead atoms. The highest BCUT2D eigenvalue weighted by Gasteiger charge is 2.22. The lowest BCUT2D eigenvalue weighted by molar-refractivity contribution is 0.00837. The van der Waals surface area contributed by atoms with Crippen LogP contribution < -0.4 is 0 Å². The van der Waals surface area contributed by atoms with Gasteiger partial charge in [0.05, 0.1) is 0 Å². The van der Waals surface area contributed by atoms with Crippen LogP contribution >= 0.6 is 11.6 Å². The van der Waals surface area contributed by atoms with E-state index in [1.165, 1.54) is 12.3 Å². The second kappa shape index (κ2) is 3.96. The first kappa shape index (κ1) is 9.46. The lowest BCUT2D eigenvalue weighted by Gasteiger charge is -2.24. The number of ether oxygens (including phenoxy) is 1. The number of aromatic nitrogens is 1. The monoisotopic (exact) mass is 211 g/mol. The quantitative estimate of drug-likeness (QED) is 0.706. The standard InChI is InChI=1S/C10H10ClNO2/c11-7-4-5-12-9(6-7)10(13)14-8-2-1-3-8/h4-6,8H,1-3H2. The van der Waals surface area contributed by atoms with Crippen LogP contribution in [0.3, 0.4) is 0 Å². The molecule has 1 saturated carbocycles. The van der Waals surface area contributed by atoms with E-state index < -0.39 is 0 Å². The lowest BCUT2D eigenvalue weighted by atomic mass is 9.96. The lowest BCUT2D eigenvalue weighted by Crippen LogP contribution is -2.25. The number of hydrogen-bond donors (Lipinski definition) is 0. The molecule has 1 aliphatic rings. The van der Waals surface area contributed by atoms with Crippen LogP contribution in [0.1, 0.15) is 29.8 Å². The average Bonchev–Trinajstić information content (AvgIpc) is 2.11. The number of rotatable bonds is 2. The number of carbonyl (C=O) groups excluding carboxylic acids is 1. The number of hydrogen-bond acceptors (Lipinski definition) is 3. The van der Waals surface area contributed by atoms with Gasteiger partial charge in [0, 0.05) is 11.2 Å². The third-order valence-corrected chi connectivity index (χ3v) is 2.49. The van der Waals surface area contributed by atoms with Crippen LogP contribution in [0.15, 0.2) is 18.3 Å². The maximum atomic E-state index is 11.5. The Labute approximate surface area is 87.0 Å². The maximum Gasteiger partial charge on any atom is 0.357 e. The van der Waals surface area contributed by atoms with Gasteiger partial charge in [0.1, 0.15) is 11.8 Å². The molecule has 74 valence electrons. The third kappa shape index (κ3) is 2.04. The summed E-state index contributed by atoms with van der Waals surface area (Å²) in [5.41, 5.74) is 0.282. The fraction of sp³-hybridized carbons (Fsp3) is 0.400. The topological polar surface area (TPSA) is 39.2 Å². The molecule has 14 heavy (non-hydrogen) atoms. The molecule has 1 aliphatic carbocycles. The van der Waals surface area contributed by atoms with E-state index in [4.69, 9.17) is 16.3 Å². The molecule has 0 aliphatic heterocycles. The summed E-state index contributed by atoms with van der Waals surface area (Å²) in [7, 11) is 0. The van der Waals surface area contributed by atoms with Gasteiger partial charge in [-0.05, 0) is 31.4 Å². The van der Waals surface area contributed by atoms with Gasteiger partial charge < -0.3 is 4.74 Å². The molecule has 0 radical (unpaired) electrons. The van der Waals surface area contributed by atoms with Crippen LogP contribution in [0.25, 0.3) is 0 Å². The Bertz CT molecular complexity index is 350. The van der Waals surface area contributed by atoms with E-state index in [1.54, 1.807) is 6.07 Å². The number of esters is 1. The van der Waals surface area contributed by atoms with Crippen LogP contribution in [-0.4, -0.2) is 17.1 Å². The Kier molecular flexibility index (Phi) is 2.68. The summed E-state index contributed by atoms with van der Waals surface area (Å²) in [6, 6.07) is 3.14. The van der Waals surface area contributed by atoms with Gasteiger partial charge in [-0.2, -0.15) is 0 Å². The minimum Gasteiger partial charge on any atom is -0.458 e. The highest BCUT2D eigenvalue weighted by molar-refractivity contribution is 6.30. The van der Waals surface area contributed by atoms with Gasteiger partial charge in [-0.3, -0.25) is 0 Å². The highest BCUT2D eigenvalue weighted by Crippen LogP contribution is 2.23. The van der Waals surface area contributed by atoms with Gasteiger partial charge in [-0.15, -0.1) is 0 Å². The second-order valence-electron chi connectivity index (χ2n) is 3.32. The molecule has 0 atom stereocenters. The Morgan fingerprint density at radius 3 is 2.93 bits per heavy atom. The van der Waals surface area contributed by atoms with E-state index in [0.717, 1.165) is 19.3 Å². The van der Waals surface area contributed by atoms with Crippen molar-refractivity contribution in [3.63, 3.8) is 0 Å². The van der Waals surface area contributed by atoms with Crippen molar-refractivity contribution in [2.24, 2.45) is 0 Å². The fourth-order valence-corrected chi connectivity index (χ4v) is 1.38. The van der Waals surface area contributed by atoms with Crippen molar-refractivity contribution in [2.45, 2.75) is 25.4 Å². The minimum atomic E-state index is -0.378. The predicted molar refractivity (Wildman–Crippen MR) is 52.3 cm³/mol. The Morgan fingerprint density at radius 1 is 1.57 bits per heavy atom. The van der Waals surface area contributed by atoms with Crippen molar-refractivity contribution in [1.82, 2.24) is 4.98 Å². The highest BCUT2D eigenvalue weighted by atomic mass is 35.5. The summed E-state index contributed by atoms with van der Waals surface area (Å²) in [6.45, 7) is 0. The Morgan fingerprint density at radius 2 is 2.36 bits per heavy atom. The Hall–Kier alpha value is -1.09. The molecule has 4 heteroatoms. The molecule has 1 aromatic rings. The van der Waals surface area contributed by atoms with Crippen LogP contribution in [0, 0.1) is 0 Å². The summed E-state index contributed by atoms with van der Waals surface area (Å²) >= 11 is 5.73. The van der Waals surface area contributed by atoms with Gasteiger partial charge in [0.15, 0.2) is 0 Å². The third-order valence-electron chi connectivity index (χ3n) is 2.26. The van der Waals surface area contributed by atoms with Crippen molar-refractivity contribution in [3.05, 3.63) is 29.0 Å². The summed E-state index contributed by atoms with van der Waals surface area (Å²) in [5, 5.41) is 0.501. The predicted octanol–water partition coefficient (Wildman–Crippen LogP) is 2.44. The molecule has 0 N–H and O–H groups in total. The number of nitrogens with zero attached hydrogens (tertiary/aromatic N) is 1. The molecule has 1 fully saturated rings. The van der Waals surface area contributed by atoms with Crippen molar-refractivity contribution < 1.29 is 9.53 Å². The van der Waals surface area contributed by atoms with Gasteiger partial charge in [0.25, 0.3) is 0 Å². The molecule has 3 nitrogen and oxygen atoms in total. The molecule has 0 aromatic carbocycles. The average molecular weight is 212 g/mol. The zero-order valence-electron chi connectivity index (χ0n) is 7.57. The van der Waals surface area contributed by atoms with Crippen molar-refractivity contribution in [2.75, 3.05) is 0 Å². The SMILES string of the molecule is O=C(OC1CCC1)c1cc(Cl)ccn1. The van der Waals surface area contributed by atoms with Gasteiger partial charge in [-0.25, -0.2) is 9.78 Å². The molecule has 0 amide bonds. The maximum absolute atomic E-state index is 11.5. The fourth-order valence-electron chi connectivity index (χ4n) is 1.22. The zero-order valence-corrected chi connectivity index (χ0v) is 8.33. The van der Waals surface area contributed by atoms with E-state index in [-0.39, 0.29) is 17.8 Å². The van der Waals surface area contributed by atoms with E-state index in [0.29, 0.717) is 5.02 Å². The smallest absolute Gasteiger partial charge is 0.357 e. The molecule has 0 saturated heterocycles. The first-order valence-corrected chi connectivity index (χ1v) is 4.96. The molecule has 0 unspecified atom stereocenters. The number of pyridine rings is 1. The summed E-state index contributed by atoms with van der Waals surface area (Å²) in [6.07, 6.45) is 4.66. The van der Waals surface area contributed by atoms with Crippen molar-refractivity contribution in [1.29, 1.82) is 0 Å². The van der Waals surface area contributed by atoms with E-state index in [2.05, 4.69) is 4.98 Å². The molecular weight excluding hydrogens is 202 g/mol. The molecule has 1 aromatic heterocycles. The number of halogens is 1. The van der Waals surface area contributed by atoms with Crippen LogP contribution in [-0.2, 0) is 4.74 Å². The van der Waals surface area contributed by atoms with Crippen molar-refractivity contribution >= 4 is 17.6 Å². The zero-order chi connectivity index (χ0) is 9.97. The van der Waals surface area contributed by atoms with Gasteiger partial charge in [0.2, 0.25) is 0 Å². The van der Waals surface area contributed by atoms with Crippen LogP contribution in [0.5, 0.6) is 0 Å². The molecule has 0 spiro atoms. The van der Waals surface area contributed by atoms with Crippen molar-refractivity contribution in [3.8, 4) is 0 Å². The first-order valence-electron chi connectivity index (χ1n) is 4.58. The minimum absolute atomic E-state index is 0.0864. The van der Waals surface area contributed by atoms with E-state index in [1.807, 2.05) is 0 Å². The van der Waals surface area contributed by atoms with Gasteiger partial charge >= 0.3 is 5.97 Å². The largest absolute Gasteiger partial charge is 0.458 e. The summed E-state index contributed by atoms with van der Waals surface area (Å²) in [5.74, 6) is -0.378. The Balaban J connectivity index is 2.02. The summed E-state index contributed by atoms with van der Waals surface area (Å²) in [4.78, 5) is 15.3. The van der Waals surface area contributed by atoms with E-state index >= 15 is 0 Å². The second-order valence-corrected chi connectivity index (χ2v) is 3.75. The van der Waals surface area contributed by atoms with Crippen LogP contribution in [0.4, 0.5) is 0 Å².